The smallest absolute Gasteiger partial charge is 0.179 e. The van der Waals surface area contributed by atoms with E-state index in [9.17, 15) is 4.79 Å². The molecule has 3 aromatic rings. The molecule has 1 N–H and O–H groups in total. The van der Waals surface area contributed by atoms with E-state index in [1.807, 2.05) is 16.7 Å². The first-order chi connectivity index (χ1) is 8.83. The average Bonchev–Trinajstić information content (AvgIpc) is 3.03. The quantitative estimate of drug-likeness (QED) is 0.699. The van der Waals surface area contributed by atoms with Gasteiger partial charge < -0.3 is 4.98 Å². The molecular formula is C12H11N5O. The fraction of sp³-hybridized carbons (Fsp3) is 0.333. The summed E-state index contributed by atoms with van der Waals surface area (Å²) in [6.45, 7) is 0. The molecule has 0 aromatic carbocycles. The predicted molar refractivity (Wildman–Crippen MR) is 64.2 cm³/mol. The van der Waals surface area contributed by atoms with Crippen LogP contribution in [0.15, 0.2) is 18.5 Å². The lowest BCUT2D eigenvalue weighted by atomic mass is 10.1. The first-order valence-electron chi connectivity index (χ1n) is 6.02. The van der Waals surface area contributed by atoms with Crippen LogP contribution in [-0.2, 0) is 4.79 Å². The number of aromatic nitrogens is 5. The first-order valence-corrected chi connectivity index (χ1v) is 6.02. The molecule has 0 spiro atoms. The van der Waals surface area contributed by atoms with Crippen LogP contribution in [0.4, 0.5) is 0 Å². The Kier molecular flexibility index (Phi) is 1.83. The lowest BCUT2D eigenvalue weighted by Crippen LogP contribution is -2.02. The summed E-state index contributed by atoms with van der Waals surface area (Å²) in [7, 11) is 0. The Morgan fingerprint density at radius 1 is 1.39 bits per heavy atom. The molecule has 1 fully saturated rings. The van der Waals surface area contributed by atoms with E-state index in [0.717, 1.165) is 29.1 Å². The number of carbonyl (C=O) groups excluding carboxylic acids is 1. The number of nitrogens with one attached hydrogen (secondary N) is 1. The van der Waals surface area contributed by atoms with Gasteiger partial charge in [-0.3, -0.25) is 9.20 Å². The molecule has 18 heavy (non-hydrogen) atoms. The van der Waals surface area contributed by atoms with E-state index in [1.54, 1.807) is 6.20 Å². The van der Waals surface area contributed by atoms with Crippen LogP contribution in [0.25, 0.3) is 16.8 Å². The Hall–Kier alpha value is -2.24. The molecule has 0 radical (unpaired) electrons. The average molecular weight is 241 g/mol. The minimum Gasteiger partial charge on any atom is -0.345 e. The monoisotopic (exact) mass is 241 g/mol. The van der Waals surface area contributed by atoms with Gasteiger partial charge in [0.25, 0.3) is 0 Å². The molecule has 0 aliphatic heterocycles. The Morgan fingerprint density at radius 3 is 3.17 bits per heavy atom. The lowest BCUT2D eigenvalue weighted by molar-refractivity contribution is -0.117. The Bertz CT molecular complexity index is 756. The number of rotatable bonds is 1. The van der Waals surface area contributed by atoms with E-state index in [2.05, 4.69) is 20.2 Å². The zero-order valence-corrected chi connectivity index (χ0v) is 9.63. The van der Waals surface area contributed by atoms with Crippen molar-refractivity contribution >= 4 is 22.6 Å². The maximum absolute atomic E-state index is 11.4. The van der Waals surface area contributed by atoms with Crippen LogP contribution in [-0.4, -0.2) is 30.3 Å². The normalized spacial score (nSPS) is 20.2. The second-order valence-corrected chi connectivity index (χ2v) is 4.70. The summed E-state index contributed by atoms with van der Waals surface area (Å²) < 4.78 is 2.00. The van der Waals surface area contributed by atoms with E-state index < -0.39 is 0 Å². The number of hydrogen-bond acceptors (Lipinski definition) is 4. The maximum atomic E-state index is 11.4. The van der Waals surface area contributed by atoms with E-state index in [1.165, 1.54) is 0 Å². The number of aromatic amines is 1. The molecule has 6 heteroatoms. The van der Waals surface area contributed by atoms with Crippen molar-refractivity contribution in [3.05, 3.63) is 24.3 Å². The second-order valence-electron chi connectivity index (χ2n) is 4.70. The van der Waals surface area contributed by atoms with Gasteiger partial charge in [-0.15, -0.1) is 10.2 Å². The molecule has 1 atom stereocenters. The molecule has 90 valence electrons. The highest BCUT2D eigenvalue weighted by atomic mass is 16.1. The number of nitrogens with zero attached hydrogens (tertiary/aromatic N) is 4. The molecule has 0 saturated heterocycles. The molecule has 1 unspecified atom stereocenters. The second kappa shape index (κ2) is 3.38. The number of Topliss-reactive ketones (excluding diaryl/α,β-unsaturated/α-hetero) is 1. The van der Waals surface area contributed by atoms with Gasteiger partial charge in [-0.1, -0.05) is 0 Å². The maximum Gasteiger partial charge on any atom is 0.179 e. The van der Waals surface area contributed by atoms with E-state index in [4.69, 9.17) is 0 Å². The summed E-state index contributed by atoms with van der Waals surface area (Å²) in [5.74, 6) is 1.38. The zero-order chi connectivity index (χ0) is 12.1. The van der Waals surface area contributed by atoms with E-state index in [0.29, 0.717) is 18.6 Å². The molecule has 0 amide bonds. The summed E-state index contributed by atoms with van der Waals surface area (Å²) in [5.41, 5.74) is 2.51. The SMILES string of the molecule is O=C1CCC(c2nnc3cnc4[nH]ccc4n23)C1. The standard InChI is InChI=1S/C12H11N5O/c18-8-2-1-7(5-8)12-16-15-10-6-14-11-9(17(10)12)3-4-13-11/h3-4,6-7,13H,1-2,5H2. The highest BCUT2D eigenvalue weighted by molar-refractivity contribution is 5.82. The van der Waals surface area contributed by atoms with Crippen molar-refractivity contribution < 1.29 is 4.79 Å². The molecule has 0 bridgehead atoms. The summed E-state index contributed by atoms with van der Waals surface area (Å²) in [4.78, 5) is 18.8. The minimum absolute atomic E-state index is 0.188. The number of carbonyl (C=O) groups is 1. The number of ketones is 1. The zero-order valence-electron chi connectivity index (χ0n) is 9.63. The van der Waals surface area contributed by atoms with Gasteiger partial charge in [0.05, 0.1) is 11.7 Å². The largest absolute Gasteiger partial charge is 0.345 e. The van der Waals surface area contributed by atoms with Gasteiger partial charge in [0.1, 0.15) is 11.6 Å². The molecular weight excluding hydrogens is 230 g/mol. The number of hydrogen-bond donors (Lipinski definition) is 1. The van der Waals surface area contributed by atoms with Crippen molar-refractivity contribution in [1.82, 2.24) is 24.6 Å². The minimum atomic E-state index is 0.188. The number of fused-ring (bicyclic) bond motifs is 3. The molecule has 6 nitrogen and oxygen atoms in total. The fourth-order valence-corrected chi connectivity index (χ4v) is 2.70. The van der Waals surface area contributed by atoms with Crippen LogP contribution in [0.3, 0.4) is 0 Å². The van der Waals surface area contributed by atoms with E-state index in [-0.39, 0.29) is 5.92 Å². The van der Waals surface area contributed by atoms with Crippen LogP contribution in [0, 0.1) is 0 Å². The van der Waals surface area contributed by atoms with Crippen LogP contribution in [0.1, 0.15) is 31.0 Å². The highest BCUT2D eigenvalue weighted by Gasteiger charge is 2.28. The Morgan fingerprint density at radius 2 is 2.33 bits per heavy atom. The summed E-state index contributed by atoms with van der Waals surface area (Å²) in [5, 5.41) is 8.39. The first kappa shape index (κ1) is 9.76. The molecule has 3 heterocycles. The van der Waals surface area contributed by atoms with Crippen LogP contribution < -0.4 is 0 Å². The Labute approximate surface area is 102 Å². The van der Waals surface area contributed by atoms with Gasteiger partial charge in [-0.25, -0.2) is 4.98 Å². The third-order valence-electron chi connectivity index (χ3n) is 3.58. The van der Waals surface area contributed by atoms with Crippen molar-refractivity contribution in [1.29, 1.82) is 0 Å². The van der Waals surface area contributed by atoms with Crippen LogP contribution in [0.5, 0.6) is 0 Å². The Balaban J connectivity index is 1.99. The fourth-order valence-electron chi connectivity index (χ4n) is 2.70. The van der Waals surface area contributed by atoms with Gasteiger partial charge in [-0.05, 0) is 12.5 Å². The van der Waals surface area contributed by atoms with Gasteiger partial charge in [-0.2, -0.15) is 0 Å². The third kappa shape index (κ3) is 1.23. The third-order valence-corrected chi connectivity index (χ3v) is 3.58. The van der Waals surface area contributed by atoms with Gasteiger partial charge in [0, 0.05) is 25.0 Å². The molecule has 4 rings (SSSR count). The van der Waals surface area contributed by atoms with Gasteiger partial charge in [0.15, 0.2) is 11.3 Å². The van der Waals surface area contributed by atoms with Crippen LogP contribution >= 0.6 is 0 Å². The van der Waals surface area contributed by atoms with Crippen molar-refractivity contribution in [2.24, 2.45) is 0 Å². The van der Waals surface area contributed by atoms with Gasteiger partial charge >= 0.3 is 0 Å². The van der Waals surface area contributed by atoms with Gasteiger partial charge in [0.2, 0.25) is 0 Å². The van der Waals surface area contributed by atoms with Crippen molar-refractivity contribution in [3.8, 4) is 0 Å². The van der Waals surface area contributed by atoms with Crippen LogP contribution in [0.2, 0.25) is 0 Å². The van der Waals surface area contributed by atoms with E-state index >= 15 is 0 Å². The summed E-state index contributed by atoms with van der Waals surface area (Å²) in [6.07, 6.45) is 5.65. The molecule has 3 aromatic heterocycles. The van der Waals surface area contributed by atoms with Crippen molar-refractivity contribution in [2.45, 2.75) is 25.2 Å². The highest BCUT2D eigenvalue weighted by Crippen LogP contribution is 2.31. The van der Waals surface area contributed by atoms with Crippen molar-refractivity contribution in [2.75, 3.05) is 0 Å². The summed E-state index contributed by atoms with van der Waals surface area (Å²) >= 11 is 0. The molecule has 1 aliphatic carbocycles. The topological polar surface area (TPSA) is 75.9 Å². The number of H-pyrrole nitrogens is 1. The predicted octanol–water partition coefficient (Wildman–Crippen LogP) is 1.44. The van der Waals surface area contributed by atoms with Crippen molar-refractivity contribution in [3.63, 3.8) is 0 Å². The molecule has 1 saturated carbocycles. The summed E-state index contributed by atoms with van der Waals surface area (Å²) in [6, 6.07) is 1.96. The molecule has 1 aliphatic rings. The lowest BCUT2D eigenvalue weighted by Gasteiger charge is -2.06.